The fourth-order valence-corrected chi connectivity index (χ4v) is 2.48. The SMILES string of the molecule is CC1=NS(=O)(=O)N(C)C=C1C(=O)OCc1ccccc1F. The molecule has 1 aliphatic heterocycles. The van der Waals surface area contributed by atoms with Crippen LogP contribution in [0.1, 0.15) is 12.5 Å². The zero-order chi connectivity index (χ0) is 15.6. The minimum Gasteiger partial charge on any atom is -0.457 e. The van der Waals surface area contributed by atoms with Crippen LogP contribution in [0.2, 0.25) is 0 Å². The third-order valence-corrected chi connectivity index (χ3v) is 4.19. The first-order valence-electron chi connectivity index (χ1n) is 5.98. The summed E-state index contributed by atoms with van der Waals surface area (Å²) in [5, 5.41) is 0. The maximum atomic E-state index is 13.4. The molecule has 8 heteroatoms. The van der Waals surface area contributed by atoms with E-state index >= 15 is 0 Å². The smallest absolute Gasteiger partial charge is 0.344 e. The lowest BCUT2D eigenvalue weighted by Gasteiger charge is -2.19. The molecule has 1 aromatic rings. The number of hydrogen-bond acceptors (Lipinski definition) is 4. The zero-order valence-corrected chi connectivity index (χ0v) is 12.2. The van der Waals surface area contributed by atoms with Crippen molar-refractivity contribution in [1.29, 1.82) is 0 Å². The van der Waals surface area contributed by atoms with Gasteiger partial charge in [-0.15, -0.1) is 4.40 Å². The monoisotopic (exact) mass is 312 g/mol. The number of carbonyl (C=O) groups excluding carboxylic acids is 1. The highest BCUT2D eigenvalue weighted by Gasteiger charge is 2.26. The molecule has 0 aromatic heterocycles. The summed E-state index contributed by atoms with van der Waals surface area (Å²) in [4.78, 5) is 11.9. The van der Waals surface area contributed by atoms with E-state index in [0.717, 1.165) is 10.5 Å². The average Bonchev–Trinajstić information content (AvgIpc) is 2.41. The Morgan fingerprint density at radius 1 is 1.38 bits per heavy atom. The van der Waals surface area contributed by atoms with Crippen LogP contribution in [0.4, 0.5) is 4.39 Å². The predicted octanol–water partition coefficient (Wildman–Crippen LogP) is 1.40. The first-order valence-corrected chi connectivity index (χ1v) is 7.38. The van der Waals surface area contributed by atoms with Crippen molar-refractivity contribution in [2.24, 2.45) is 4.40 Å². The van der Waals surface area contributed by atoms with E-state index in [1.165, 1.54) is 32.2 Å². The van der Waals surface area contributed by atoms with Crippen LogP contribution >= 0.6 is 0 Å². The van der Waals surface area contributed by atoms with Crippen molar-refractivity contribution in [3.63, 3.8) is 0 Å². The van der Waals surface area contributed by atoms with Gasteiger partial charge >= 0.3 is 16.2 Å². The molecule has 112 valence electrons. The Bertz CT molecular complexity index is 740. The largest absolute Gasteiger partial charge is 0.457 e. The van der Waals surface area contributed by atoms with E-state index in [2.05, 4.69) is 4.40 Å². The van der Waals surface area contributed by atoms with Gasteiger partial charge in [0.1, 0.15) is 12.4 Å². The van der Waals surface area contributed by atoms with E-state index in [9.17, 15) is 17.6 Å². The normalized spacial score (nSPS) is 17.0. The fourth-order valence-electron chi connectivity index (χ4n) is 1.67. The molecule has 1 heterocycles. The molecule has 0 bridgehead atoms. The molecule has 1 aliphatic rings. The summed E-state index contributed by atoms with van der Waals surface area (Å²) in [6, 6.07) is 5.91. The first kappa shape index (κ1) is 15.2. The second kappa shape index (κ2) is 5.65. The highest BCUT2D eigenvalue weighted by atomic mass is 32.2. The Hall–Kier alpha value is -2.22. The summed E-state index contributed by atoms with van der Waals surface area (Å²) in [5.41, 5.74) is 0.285. The standard InChI is InChI=1S/C13H13FN2O4S/c1-9-11(7-16(2)21(18,19)15-9)13(17)20-8-10-5-3-4-6-12(10)14/h3-7H,8H2,1-2H3. The molecule has 0 radical (unpaired) electrons. The van der Waals surface area contributed by atoms with Crippen LogP contribution in [0.15, 0.2) is 40.4 Å². The minimum atomic E-state index is -3.77. The van der Waals surface area contributed by atoms with Crippen molar-refractivity contribution < 1.29 is 22.3 Å². The summed E-state index contributed by atoms with van der Waals surface area (Å²) in [6.45, 7) is 1.15. The molecular weight excluding hydrogens is 299 g/mol. The van der Waals surface area contributed by atoms with Crippen LogP contribution in [0, 0.1) is 5.82 Å². The molecule has 0 spiro atoms. The van der Waals surface area contributed by atoms with Crippen LogP contribution in [0.25, 0.3) is 0 Å². The van der Waals surface area contributed by atoms with Crippen LogP contribution in [0.5, 0.6) is 0 Å². The molecule has 0 aliphatic carbocycles. The molecule has 1 aromatic carbocycles. The third-order valence-electron chi connectivity index (χ3n) is 2.85. The van der Waals surface area contributed by atoms with Gasteiger partial charge in [-0.2, -0.15) is 8.42 Å². The summed E-state index contributed by atoms with van der Waals surface area (Å²) >= 11 is 0. The van der Waals surface area contributed by atoms with Crippen LogP contribution in [0.3, 0.4) is 0 Å². The van der Waals surface area contributed by atoms with E-state index in [0.29, 0.717) is 0 Å². The predicted molar refractivity (Wildman–Crippen MR) is 74.1 cm³/mol. The van der Waals surface area contributed by atoms with Crippen molar-refractivity contribution in [1.82, 2.24) is 4.31 Å². The number of carbonyl (C=O) groups is 1. The van der Waals surface area contributed by atoms with Gasteiger partial charge in [0.15, 0.2) is 0 Å². The van der Waals surface area contributed by atoms with Gasteiger partial charge < -0.3 is 4.74 Å². The van der Waals surface area contributed by atoms with Crippen molar-refractivity contribution in [3.05, 3.63) is 47.4 Å². The van der Waals surface area contributed by atoms with E-state index in [4.69, 9.17) is 4.74 Å². The Morgan fingerprint density at radius 3 is 2.71 bits per heavy atom. The van der Waals surface area contributed by atoms with Gasteiger partial charge in [0.05, 0.1) is 11.3 Å². The summed E-state index contributed by atoms with van der Waals surface area (Å²) in [5.74, 6) is -1.24. The third kappa shape index (κ3) is 3.27. The summed E-state index contributed by atoms with van der Waals surface area (Å²) in [7, 11) is -2.51. The quantitative estimate of drug-likeness (QED) is 0.791. The molecule has 0 saturated carbocycles. The Morgan fingerprint density at radius 2 is 2.05 bits per heavy atom. The number of nitrogens with zero attached hydrogens (tertiary/aromatic N) is 2. The highest BCUT2D eigenvalue weighted by molar-refractivity contribution is 7.88. The van der Waals surface area contributed by atoms with E-state index in [1.807, 2.05) is 0 Å². The maximum Gasteiger partial charge on any atom is 0.344 e. The van der Waals surface area contributed by atoms with Crippen molar-refractivity contribution in [2.75, 3.05) is 7.05 Å². The van der Waals surface area contributed by atoms with Gasteiger partial charge in [-0.3, -0.25) is 4.31 Å². The van der Waals surface area contributed by atoms with Crippen molar-refractivity contribution in [3.8, 4) is 0 Å². The Kier molecular flexibility index (Phi) is 4.08. The fraction of sp³-hybridized carbons (Fsp3) is 0.231. The Labute approximate surface area is 121 Å². The second-order valence-corrected chi connectivity index (χ2v) is 6.04. The maximum absolute atomic E-state index is 13.4. The molecule has 21 heavy (non-hydrogen) atoms. The molecule has 6 nitrogen and oxygen atoms in total. The number of benzene rings is 1. The topological polar surface area (TPSA) is 76.0 Å². The number of ether oxygens (including phenoxy) is 1. The zero-order valence-electron chi connectivity index (χ0n) is 11.4. The van der Waals surface area contributed by atoms with Gasteiger partial charge in [0.25, 0.3) is 0 Å². The molecule has 0 N–H and O–H groups in total. The molecule has 0 saturated heterocycles. The minimum absolute atomic E-state index is 0.0173. The number of esters is 1. The lowest BCUT2D eigenvalue weighted by atomic mass is 10.2. The second-order valence-electron chi connectivity index (χ2n) is 4.38. The molecular formula is C13H13FN2O4S. The summed E-state index contributed by atoms with van der Waals surface area (Å²) in [6.07, 6.45) is 1.13. The number of hydrogen-bond donors (Lipinski definition) is 0. The van der Waals surface area contributed by atoms with Gasteiger partial charge in [0.2, 0.25) is 0 Å². The number of rotatable bonds is 3. The van der Waals surface area contributed by atoms with E-state index in [-0.39, 0.29) is 23.5 Å². The molecule has 0 unspecified atom stereocenters. The average molecular weight is 312 g/mol. The molecule has 2 rings (SSSR count). The Balaban J connectivity index is 2.12. The van der Waals surface area contributed by atoms with Crippen LogP contribution in [-0.2, 0) is 26.3 Å². The number of halogens is 1. The van der Waals surface area contributed by atoms with Crippen LogP contribution < -0.4 is 0 Å². The van der Waals surface area contributed by atoms with Crippen molar-refractivity contribution in [2.45, 2.75) is 13.5 Å². The van der Waals surface area contributed by atoms with Gasteiger partial charge in [0, 0.05) is 18.8 Å². The van der Waals surface area contributed by atoms with Gasteiger partial charge in [-0.05, 0) is 13.0 Å². The summed E-state index contributed by atoms with van der Waals surface area (Å²) < 4.78 is 45.6. The van der Waals surface area contributed by atoms with E-state index < -0.39 is 22.0 Å². The molecule has 0 atom stereocenters. The lowest BCUT2D eigenvalue weighted by molar-refractivity contribution is -0.139. The molecule has 0 fully saturated rings. The van der Waals surface area contributed by atoms with Gasteiger partial charge in [-0.25, -0.2) is 9.18 Å². The van der Waals surface area contributed by atoms with E-state index in [1.54, 1.807) is 6.07 Å². The van der Waals surface area contributed by atoms with Crippen LogP contribution in [-0.4, -0.2) is 31.5 Å². The first-order chi connectivity index (χ1) is 9.81. The molecule has 0 amide bonds. The lowest BCUT2D eigenvalue weighted by Crippen LogP contribution is -2.29. The van der Waals surface area contributed by atoms with Crippen molar-refractivity contribution >= 4 is 21.9 Å². The highest BCUT2D eigenvalue weighted by Crippen LogP contribution is 2.16. The van der Waals surface area contributed by atoms with Gasteiger partial charge in [-0.1, -0.05) is 18.2 Å².